The van der Waals surface area contributed by atoms with E-state index in [0.717, 1.165) is 0 Å². The second-order valence-electron chi connectivity index (χ2n) is 4.32. The van der Waals surface area contributed by atoms with Crippen LogP contribution in [0.2, 0.25) is 0 Å². The molecule has 0 spiro atoms. The fraction of sp³-hybridized carbons (Fsp3) is 0. The van der Waals surface area contributed by atoms with E-state index in [2.05, 4.69) is 20.7 Å². The summed E-state index contributed by atoms with van der Waals surface area (Å²) in [5, 5.41) is 33.0. The molecule has 8 nitrogen and oxygen atoms in total. The van der Waals surface area contributed by atoms with Gasteiger partial charge in [-0.05, 0) is 34.7 Å². The molecule has 22 heavy (non-hydrogen) atoms. The van der Waals surface area contributed by atoms with Gasteiger partial charge in [-0.2, -0.15) is 9.36 Å². The predicted octanol–water partition coefficient (Wildman–Crippen LogP) is 0.638. The van der Waals surface area contributed by atoms with Crippen molar-refractivity contribution in [2.45, 2.75) is 0 Å². The molecule has 0 fully saturated rings. The fourth-order valence-electron chi connectivity index (χ4n) is 2.01. The van der Waals surface area contributed by atoms with Gasteiger partial charge in [0.1, 0.15) is 0 Å². The Labute approximate surface area is 124 Å². The summed E-state index contributed by atoms with van der Waals surface area (Å²) in [6, 6.07) is 18.0. The van der Waals surface area contributed by atoms with Gasteiger partial charge in [0.15, 0.2) is 0 Å². The Bertz CT molecular complexity index is 823. The molecule has 2 N–H and O–H groups in total. The predicted molar refractivity (Wildman–Crippen MR) is 75.4 cm³/mol. The minimum absolute atomic E-state index is 0.0486. The van der Waals surface area contributed by atoms with Crippen LogP contribution in [-0.4, -0.2) is 30.2 Å². The van der Waals surface area contributed by atoms with Crippen molar-refractivity contribution >= 4 is 0 Å². The van der Waals surface area contributed by atoms with Crippen molar-refractivity contribution in [3.63, 3.8) is 0 Å². The van der Waals surface area contributed by atoms with Crippen molar-refractivity contribution in [2.24, 2.45) is 10.3 Å². The van der Waals surface area contributed by atoms with Crippen molar-refractivity contribution in [1.29, 1.82) is 0 Å². The largest absolute Gasteiger partial charge is 0.409 e. The maximum Gasteiger partial charge on any atom is 0.243 e. The van der Waals surface area contributed by atoms with Gasteiger partial charge in [-0.1, -0.05) is 46.7 Å². The van der Waals surface area contributed by atoms with Crippen LogP contribution < -0.4 is 11.0 Å². The van der Waals surface area contributed by atoms with E-state index in [-0.39, 0.29) is 11.0 Å². The minimum Gasteiger partial charge on any atom is -0.409 e. The van der Waals surface area contributed by atoms with E-state index in [9.17, 15) is 10.4 Å². The normalized spacial score (nSPS) is 12.5. The summed E-state index contributed by atoms with van der Waals surface area (Å²) in [4.78, 5) is 0. The van der Waals surface area contributed by atoms with Crippen LogP contribution in [0.3, 0.4) is 0 Å². The molecule has 3 rings (SSSR count). The molecule has 0 aliphatic heterocycles. The van der Waals surface area contributed by atoms with Gasteiger partial charge < -0.3 is 10.4 Å². The first-order valence-corrected chi connectivity index (χ1v) is 6.41. The van der Waals surface area contributed by atoms with E-state index in [1.807, 2.05) is 12.1 Å². The zero-order valence-corrected chi connectivity index (χ0v) is 11.4. The highest BCUT2D eigenvalue weighted by Gasteiger charge is 2.09. The minimum atomic E-state index is -0.0486. The van der Waals surface area contributed by atoms with E-state index in [0.29, 0.717) is 11.4 Å². The Morgan fingerprint density at radius 1 is 0.636 bits per heavy atom. The molecule has 0 saturated heterocycles. The summed E-state index contributed by atoms with van der Waals surface area (Å²) in [7, 11) is 0. The van der Waals surface area contributed by atoms with Crippen LogP contribution in [0.1, 0.15) is 0 Å². The Morgan fingerprint density at radius 2 is 1.00 bits per heavy atom. The molecule has 0 bridgehead atoms. The molecule has 1 aromatic heterocycles. The summed E-state index contributed by atoms with van der Waals surface area (Å²) in [5.74, 6) is 0. The molecule has 0 atom stereocenters. The van der Waals surface area contributed by atoms with Gasteiger partial charge in [-0.3, -0.25) is 0 Å². The summed E-state index contributed by atoms with van der Waals surface area (Å²) >= 11 is 0. The molecule has 0 unspecified atom stereocenters. The zero-order chi connectivity index (χ0) is 15.4. The van der Waals surface area contributed by atoms with E-state index in [1.165, 1.54) is 9.36 Å². The van der Waals surface area contributed by atoms with E-state index in [4.69, 9.17) is 0 Å². The van der Waals surface area contributed by atoms with Crippen LogP contribution >= 0.6 is 0 Å². The quantitative estimate of drug-likeness (QED) is 0.535. The third-order valence-electron chi connectivity index (χ3n) is 3.01. The maximum atomic E-state index is 9.31. The van der Waals surface area contributed by atoms with Crippen LogP contribution in [0.5, 0.6) is 0 Å². The highest BCUT2D eigenvalue weighted by molar-refractivity contribution is 5.31. The first-order valence-electron chi connectivity index (χ1n) is 6.41. The van der Waals surface area contributed by atoms with Gasteiger partial charge >= 0.3 is 0 Å². The van der Waals surface area contributed by atoms with Crippen molar-refractivity contribution in [1.82, 2.24) is 19.8 Å². The molecule has 2 aromatic carbocycles. The topological polar surface area (TPSA) is 101 Å². The lowest BCUT2D eigenvalue weighted by Crippen LogP contribution is -2.45. The number of hydrogen-bond acceptors (Lipinski definition) is 6. The lowest BCUT2D eigenvalue weighted by molar-refractivity contribution is 0.269. The number of para-hydroxylation sites is 2. The third kappa shape index (κ3) is 2.33. The highest BCUT2D eigenvalue weighted by Crippen LogP contribution is 2.02. The maximum absolute atomic E-state index is 9.31. The number of hydrogen-bond donors (Lipinski definition) is 2. The van der Waals surface area contributed by atoms with Gasteiger partial charge in [0.25, 0.3) is 0 Å². The van der Waals surface area contributed by atoms with Crippen molar-refractivity contribution in [3.05, 3.63) is 71.6 Å². The molecule has 1 heterocycles. The average Bonchev–Trinajstić information content (AvgIpc) is 2.61. The standard InChI is InChI=1S/C14H12N6O2/c21-15-13-14(16-22)20(12-9-5-2-6-10-12)18-17-19(13)11-7-3-1-4-8-11/h1-10,21-22H/b15-13-,16-14+. The van der Waals surface area contributed by atoms with Crippen molar-refractivity contribution in [3.8, 4) is 11.4 Å². The highest BCUT2D eigenvalue weighted by atomic mass is 16.4. The SMILES string of the molecule is O/N=c1/c(=N\O)n(-c2ccccc2)nnn1-c1ccccc1. The van der Waals surface area contributed by atoms with Gasteiger partial charge in [0, 0.05) is 0 Å². The van der Waals surface area contributed by atoms with Gasteiger partial charge in [0.2, 0.25) is 11.0 Å². The Hall–Kier alpha value is -3.42. The molecule has 3 aromatic rings. The van der Waals surface area contributed by atoms with Gasteiger partial charge in [-0.25, -0.2) is 0 Å². The molecule has 110 valence electrons. The molecule has 0 saturated carbocycles. The third-order valence-corrected chi connectivity index (χ3v) is 3.01. The van der Waals surface area contributed by atoms with Crippen LogP contribution in [0.25, 0.3) is 11.4 Å². The second kappa shape index (κ2) is 5.92. The van der Waals surface area contributed by atoms with Crippen LogP contribution in [0, 0.1) is 0 Å². The van der Waals surface area contributed by atoms with E-state index >= 15 is 0 Å². The molecular weight excluding hydrogens is 284 g/mol. The van der Waals surface area contributed by atoms with Crippen LogP contribution in [-0.2, 0) is 0 Å². The lowest BCUT2D eigenvalue weighted by Gasteiger charge is -2.08. The smallest absolute Gasteiger partial charge is 0.243 e. The summed E-state index contributed by atoms with van der Waals surface area (Å²) in [6.45, 7) is 0. The zero-order valence-electron chi connectivity index (χ0n) is 11.4. The fourth-order valence-corrected chi connectivity index (χ4v) is 2.01. The molecule has 8 heteroatoms. The molecular formula is C14H12N6O2. The Kier molecular flexibility index (Phi) is 3.65. The first-order chi connectivity index (χ1) is 10.8. The van der Waals surface area contributed by atoms with Gasteiger partial charge in [0.05, 0.1) is 11.4 Å². The summed E-state index contributed by atoms with van der Waals surface area (Å²) < 4.78 is 2.54. The van der Waals surface area contributed by atoms with E-state index in [1.54, 1.807) is 48.5 Å². The monoisotopic (exact) mass is 296 g/mol. The van der Waals surface area contributed by atoms with Crippen LogP contribution in [0.15, 0.2) is 71.0 Å². The number of aromatic nitrogens is 4. The number of nitrogens with zero attached hydrogens (tertiary/aromatic N) is 6. The molecule has 0 aliphatic carbocycles. The summed E-state index contributed by atoms with van der Waals surface area (Å²) in [5.41, 5.74) is 1.14. The number of rotatable bonds is 2. The number of benzene rings is 2. The average molecular weight is 296 g/mol. The molecule has 0 amide bonds. The second-order valence-corrected chi connectivity index (χ2v) is 4.32. The molecule has 0 aliphatic rings. The van der Waals surface area contributed by atoms with Gasteiger partial charge in [-0.15, -0.1) is 0 Å². The summed E-state index contributed by atoms with van der Waals surface area (Å²) in [6.07, 6.45) is 0. The van der Waals surface area contributed by atoms with Crippen molar-refractivity contribution < 1.29 is 10.4 Å². The van der Waals surface area contributed by atoms with Crippen LogP contribution in [0.4, 0.5) is 0 Å². The lowest BCUT2D eigenvalue weighted by atomic mass is 10.3. The Balaban J connectivity index is 2.32. The van der Waals surface area contributed by atoms with Crippen molar-refractivity contribution in [2.75, 3.05) is 0 Å². The molecule has 0 radical (unpaired) electrons. The first kappa shape index (κ1) is 13.6. The Morgan fingerprint density at radius 3 is 1.32 bits per heavy atom. The van der Waals surface area contributed by atoms with E-state index < -0.39 is 0 Å².